The van der Waals surface area contributed by atoms with Crippen molar-refractivity contribution in [1.82, 2.24) is 5.48 Å². The first kappa shape index (κ1) is 12.9. The van der Waals surface area contributed by atoms with E-state index in [1.54, 1.807) is 17.6 Å². The second kappa shape index (κ2) is 5.77. The molecule has 0 aliphatic carbocycles. The number of ether oxygens (including phenoxy) is 1. The van der Waals surface area contributed by atoms with E-state index in [1.807, 2.05) is 18.2 Å². The molecule has 6 nitrogen and oxygen atoms in total. The summed E-state index contributed by atoms with van der Waals surface area (Å²) in [4.78, 5) is 28.7. The van der Waals surface area contributed by atoms with Crippen LogP contribution in [0.15, 0.2) is 30.3 Å². The standard InChI is InChI=1S/C9H14NO5P/c1-16(12,13)15-10-9(11)14-7-8-5-3-2-4-6-8/h2-6,12-13,16H,7H2,1H3,(H,10,11). The second-order valence-electron chi connectivity index (χ2n) is 3.20. The van der Waals surface area contributed by atoms with E-state index < -0.39 is 14.0 Å². The number of amides is 1. The molecule has 0 saturated carbocycles. The maximum absolute atomic E-state index is 11.0. The molecule has 0 heterocycles. The van der Waals surface area contributed by atoms with Crippen molar-refractivity contribution in [3.63, 3.8) is 0 Å². The first-order chi connectivity index (χ1) is 7.47. The zero-order valence-corrected chi connectivity index (χ0v) is 9.71. The van der Waals surface area contributed by atoms with E-state index in [2.05, 4.69) is 4.62 Å². The van der Waals surface area contributed by atoms with Crippen molar-refractivity contribution in [2.24, 2.45) is 0 Å². The Balaban J connectivity index is 2.26. The van der Waals surface area contributed by atoms with Crippen molar-refractivity contribution in [3.8, 4) is 0 Å². The van der Waals surface area contributed by atoms with E-state index in [1.165, 1.54) is 0 Å². The first-order valence-corrected chi connectivity index (χ1v) is 6.87. The number of nitrogens with one attached hydrogen (secondary N) is 1. The van der Waals surface area contributed by atoms with Crippen molar-refractivity contribution in [3.05, 3.63) is 35.9 Å². The molecule has 16 heavy (non-hydrogen) atoms. The number of hydrogen-bond acceptors (Lipinski definition) is 5. The van der Waals surface area contributed by atoms with Crippen LogP contribution in [-0.4, -0.2) is 22.5 Å². The second-order valence-corrected chi connectivity index (χ2v) is 5.27. The average molecular weight is 247 g/mol. The van der Waals surface area contributed by atoms with Crippen molar-refractivity contribution in [2.45, 2.75) is 6.61 Å². The van der Waals surface area contributed by atoms with Crippen LogP contribution < -0.4 is 5.48 Å². The zero-order valence-electron chi connectivity index (χ0n) is 8.71. The van der Waals surface area contributed by atoms with Gasteiger partial charge in [0.25, 0.3) is 0 Å². The molecule has 0 aliphatic heterocycles. The number of rotatable bonds is 4. The first-order valence-electron chi connectivity index (χ1n) is 4.57. The molecule has 0 aliphatic rings. The fourth-order valence-corrected chi connectivity index (χ4v) is 1.17. The van der Waals surface area contributed by atoms with Gasteiger partial charge in [0.05, 0.1) is 0 Å². The summed E-state index contributed by atoms with van der Waals surface area (Å²) in [6, 6.07) is 9.08. The predicted molar refractivity (Wildman–Crippen MR) is 59.5 cm³/mol. The summed E-state index contributed by atoms with van der Waals surface area (Å²) in [5, 5.41) is 0. The van der Waals surface area contributed by atoms with E-state index in [9.17, 15) is 4.79 Å². The van der Waals surface area contributed by atoms with Crippen LogP contribution in [0.5, 0.6) is 0 Å². The van der Waals surface area contributed by atoms with Gasteiger partial charge in [-0.2, -0.15) is 0 Å². The molecule has 0 fully saturated rings. The maximum atomic E-state index is 11.0. The van der Waals surface area contributed by atoms with Crippen LogP contribution >= 0.6 is 7.94 Å². The van der Waals surface area contributed by atoms with Gasteiger partial charge in [-0.25, -0.2) is 0 Å². The minimum absolute atomic E-state index is 0.0885. The van der Waals surface area contributed by atoms with Crippen LogP contribution in [0.2, 0.25) is 0 Å². The number of carbonyl (C=O) groups excluding carboxylic acids is 1. The van der Waals surface area contributed by atoms with Gasteiger partial charge in [-0.15, -0.1) is 0 Å². The molecule has 1 aromatic carbocycles. The van der Waals surface area contributed by atoms with E-state index >= 15 is 0 Å². The van der Waals surface area contributed by atoms with Gasteiger partial charge in [0.2, 0.25) is 0 Å². The molecule has 0 aromatic heterocycles. The van der Waals surface area contributed by atoms with E-state index in [0.717, 1.165) is 12.2 Å². The molecule has 0 unspecified atom stereocenters. The Labute approximate surface area is 93.4 Å². The van der Waals surface area contributed by atoms with Crippen LogP contribution in [0.25, 0.3) is 0 Å². The Morgan fingerprint density at radius 2 is 2.00 bits per heavy atom. The number of hydrogen-bond donors (Lipinski definition) is 3. The van der Waals surface area contributed by atoms with E-state index in [0.29, 0.717) is 0 Å². The summed E-state index contributed by atoms with van der Waals surface area (Å²) in [7, 11) is -3.74. The SMILES string of the molecule is C[PH](O)(O)ONC(=O)OCc1ccccc1. The Kier molecular flexibility index (Phi) is 4.64. The molecule has 0 radical (unpaired) electrons. The average Bonchev–Trinajstić information content (AvgIpc) is 2.24. The molecule has 3 N–H and O–H groups in total. The van der Waals surface area contributed by atoms with Crippen molar-refractivity contribution >= 4 is 14.0 Å². The minimum atomic E-state index is -3.74. The molecule has 0 bridgehead atoms. The zero-order chi connectivity index (χ0) is 12.0. The number of carbonyl (C=O) groups is 1. The Morgan fingerprint density at radius 3 is 2.56 bits per heavy atom. The van der Waals surface area contributed by atoms with Gasteiger partial charge in [0.15, 0.2) is 0 Å². The summed E-state index contributed by atoms with van der Waals surface area (Å²) < 4.78 is 9.05. The topological polar surface area (TPSA) is 88.0 Å². The quantitative estimate of drug-likeness (QED) is 0.544. The van der Waals surface area contributed by atoms with Gasteiger partial charge in [0, 0.05) is 0 Å². The molecule has 0 saturated heterocycles. The van der Waals surface area contributed by atoms with E-state index in [4.69, 9.17) is 14.5 Å². The molecule has 90 valence electrons. The third-order valence-corrected chi connectivity index (χ3v) is 2.03. The third-order valence-electron chi connectivity index (χ3n) is 1.54. The molecule has 0 spiro atoms. The molecule has 1 aromatic rings. The molecule has 1 rings (SSSR count). The van der Waals surface area contributed by atoms with Gasteiger partial charge in [-0.05, 0) is 0 Å². The third kappa shape index (κ3) is 5.63. The number of benzene rings is 1. The van der Waals surface area contributed by atoms with Crippen LogP contribution in [0.3, 0.4) is 0 Å². The Morgan fingerprint density at radius 1 is 1.38 bits per heavy atom. The molecule has 7 heteroatoms. The van der Waals surface area contributed by atoms with Crippen LogP contribution in [0.4, 0.5) is 4.79 Å². The molecular formula is C9H14NO5P. The Bertz CT molecular complexity index is 338. The van der Waals surface area contributed by atoms with Gasteiger partial charge in [-0.1, -0.05) is 0 Å². The monoisotopic (exact) mass is 247 g/mol. The summed E-state index contributed by atoms with van der Waals surface area (Å²) in [5.74, 6) is 0. The van der Waals surface area contributed by atoms with Crippen molar-refractivity contribution in [1.29, 1.82) is 0 Å². The van der Waals surface area contributed by atoms with Gasteiger partial charge in [0.1, 0.15) is 0 Å². The van der Waals surface area contributed by atoms with Crippen molar-refractivity contribution in [2.75, 3.05) is 6.66 Å². The van der Waals surface area contributed by atoms with Crippen molar-refractivity contribution < 1.29 is 23.9 Å². The summed E-state index contributed by atoms with van der Waals surface area (Å²) in [5.41, 5.74) is 2.62. The predicted octanol–water partition coefficient (Wildman–Crippen LogP) is 0.954. The normalized spacial score (nSPS) is 11.9. The van der Waals surface area contributed by atoms with Crippen LogP contribution in [0, 0.1) is 0 Å². The van der Waals surface area contributed by atoms with Crippen LogP contribution in [0.1, 0.15) is 5.56 Å². The summed E-state index contributed by atoms with van der Waals surface area (Å²) in [6.45, 7) is 1.18. The summed E-state index contributed by atoms with van der Waals surface area (Å²) >= 11 is 0. The summed E-state index contributed by atoms with van der Waals surface area (Å²) in [6.07, 6.45) is -0.870. The fourth-order valence-electron chi connectivity index (χ4n) is 0.891. The van der Waals surface area contributed by atoms with E-state index in [-0.39, 0.29) is 6.61 Å². The van der Waals surface area contributed by atoms with Gasteiger partial charge >= 0.3 is 92.6 Å². The molecular weight excluding hydrogens is 233 g/mol. The molecule has 1 amide bonds. The Hall–Kier alpha value is -1.20. The fraction of sp³-hybridized carbons (Fsp3) is 0.222. The van der Waals surface area contributed by atoms with Gasteiger partial charge in [-0.3, -0.25) is 0 Å². The number of hydroxylamine groups is 1. The molecule has 0 atom stereocenters. The van der Waals surface area contributed by atoms with Gasteiger partial charge < -0.3 is 0 Å². The van der Waals surface area contributed by atoms with Crippen LogP contribution in [-0.2, 0) is 16.0 Å².